The number of imidazole rings is 1. The van der Waals surface area contributed by atoms with Gasteiger partial charge in [0, 0.05) is 0 Å². The van der Waals surface area contributed by atoms with Gasteiger partial charge in [-0.05, 0) is 49.6 Å². The van der Waals surface area contributed by atoms with E-state index in [-0.39, 0.29) is 5.16 Å². The summed E-state index contributed by atoms with van der Waals surface area (Å²) in [6.07, 6.45) is 3.51. The first-order chi connectivity index (χ1) is 12.7. The van der Waals surface area contributed by atoms with E-state index >= 15 is 0 Å². The fourth-order valence-corrected chi connectivity index (χ4v) is 4.75. The van der Waals surface area contributed by atoms with E-state index in [4.69, 9.17) is 4.74 Å². The summed E-state index contributed by atoms with van der Waals surface area (Å²) in [5.74, 6) is 3.31. The summed E-state index contributed by atoms with van der Waals surface area (Å²) in [6.45, 7) is 6.01. The first-order valence-corrected chi connectivity index (χ1v) is 10.0. The molecule has 0 saturated heterocycles. The van der Waals surface area contributed by atoms with Crippen molar-refractivity contribution in [2.24, 2.45) is 7.05 Å². The van der Waals surface area contributed by atoms with Crippen LogP contribution in [-0.2, 0) is 16.9 Å². The molecule has 0 aliphatic rings. The normalized spacial score (nSPS) is 11.6. The fraction of sp³-hybridized carbons (Fsp3) is 0.238. The van der Waals surface area contributed by atoms with Gasteiger partial charge in [0.15, 0.2) is 5.75 Å². The maximum absolute atomic E-state index is 13.1. The van der Waals surface area contributed by atoms with Crippen molar-refractivity contribution in [3.63, 3.8) is 0 Å². The molecule has 0 atom stereocenters. The Kier molecular flexibility index (Phi) is 5.11. The van der Waals surface area contributed by atoms with Crippen molar-refractivity contribution in [1.82, 2.24) is 4.57 Å². The van der Waals surface area contributed by atoms with Crippen LogP contribution in [0.1, 0.15) is 22.3 Å². The van der Waals surface area contributed by atoms with E-state index in [2.05, 4.69) is 17.9 Å². The summed E-state index contributed by atoms with van der Waals surface area (Å²) < 4.78 is 34.7. The molecule has 27 heavy (non-hydrogen) atoms. The van der Waals surface area contributed by atoms with Crippen LogP contribution in [0.3, 0.4) is 0 Å². The number of benzene rings is 2. The van der Waals surface area contributed by atoms with Crippen molar-refractivity contribution in [2.75, 3.05) is 7.11 Å². The monoisotopic (exact) mass is 383 g/mol. The average Bonchev–Trinajstić information content (AvgIpc) is 2.96. The van der Waals surface area contributed by atoms with Gasteiger partial charge in [0.2, 0.25) is 0 Å². The third kappa shape index (κ3) is 3.76. The number of methoxy groups -OCH3 is 1. The summed E-state index contributed by atoms with van der Waals surface area (Å²) in [5.41, 5.74) is 4.53. The Bertz CT molecular complexity index is 1060. The highest BCUT2D eigenvalue weighted by Gasteiger charge is 2.33. The quantitative estimate of drug-likeness (QED) is 0.636. The number of aromatic nitrogens is 2. The van der Waals surface area contributed by atoms with Gasteiger partial charge in [-0.15, -0.1) is 0 Å². The van der Waals surface area contributed by atoms with E-state index in [1.807, 2.05) is 20.8 Å². The lowest BCUT2D eigenvalue weighted by Crippen LogP contribution is -2.34. The zero-order chi connectivity index (χ0) is 19.8. The molecule has 3 rings (SSSR count). The Morgan fingerprint density at radius 2 is 1.63 bits per heavy atom. The molecule has 0 saturated carbocycles. The van der Waals surface area contributed by atoms with Crippen LogP contribution < -0.4 is 9.30 Å². The zero-order valence-corrected chi connectivity index (χ0v) is 17.0. The van der Waals surface area contributed by atoms with Crippen molar-refractivity contribution in [2.45, 2.75) is 25.9 Å². The second-order valence-corrected chi connectivity index (χ2v) is 8.22. The Balaban J connectivity index is 2.08. The molecule has 6 heteroatoms. The third-order valence-electron chi connectivity index (χ3n) is 4.41. The van der Waals surface area contributed by atoms with E-state index < -0.39 is 9.84 Å². The van der Waals surface area contributed by atoms with Gasteiger partial charge in [0.1, 0.15) is 23.8 Å². The lowest BCUT2D eigenvalue weighted by atomic mass is 10.1. The SMILES string of the molecule is COc1ccc([C]S(=O)(=O)c2n(-c3c(C)cc(C)cc3C)cc[n+]2C)cc1. The summed E-state index contributed by atoms with van der Waals surface area (Å²) >= 11 is 0. The van der Waals surface area contributed by atoms with E-state index in [0.29, 0.717) is 11.3 Å². The van der Waals surface area contributed by atoms with Gasteiger partial charge in [0.05, 0.1) is 14.2 Å². The molecule has 2 radical (unpaired) electrons. The van der Waals surface area contributed by atoms with E-state index in [1.165, 1.54) is 0 Å². The van der Waals surface area contributed by atoms with Crippen molar-refractivity contribution < 1.29 is 17.7 Å². The van der Waals surface area contributed by atoms with Crippen LogP contribution in [0.25, 0.3) is 5.69 Å². The number of sulfone groups is 1. The van der Waals surface area contributed by atoms with Gasteiger partial charge >= 0.3 is 5.16 Å². The minimum absolute atomic E-state index is 0.161. The maximum atomic E-state index is 13.1. The Morgan fingerprint density at radius 3 is 2.19 bits per heavy atom. The van der Waals surface area contributed by atoms with E-state index in [1.54, 1.807) is 60.0 Å². The molecule has 140 valence electrons. The summed E-state index contributed by atoms with van der Waals surface area (Å²) in [7, 11) is -0.520. The van der Waals surface area contributed by atoms with Gasteiger partial charge < -0.3 is 4.74 Å². The molecule has 1 heterocycles. The van der Waals surface area contributed by atoms with Crippen molar-refractivity contribution in [3.05, 3.63) is 76.8 Å². The number of nitrogens with zero attached hydrogens (tertiary/aromatic N) is 2. The lowest BCUT2D eigenvalue weighted by molar-refractivity contribution is -0.709. The van der Waals surface area contributed by atoms with Gasteiger partial charge in [-0.3, -0.25) is 0 Å². The molecule has 0 N–H and O–H groups in total. The second kappa shape index (κ2) is 7.19. The number of hydrogen-bond acceptors (Lipinski definition) is 3. The van der Waals surface area contributed by atoms with Gasteiger partial charge in [-0.2, -0.15) is 4.57 Å². The molecule has 0 bridgehead atoms. The van der Waals surface area contributed by atoms with Crippen LogP contribution in [0.5, 0.6) is 5.75 Å². The minimum atomic E-state index is -3.81. The largest absolute Gasteiger partial charge is 0.497 e. The maximum Gasteiger partial charge on any atom is 0.381 e. The Labute approximate surface area is 160 Å². The summed E-state index contributed by atoms with van der Waals surface area (Å²) in [6, 6.07) is 10.9. The van der Waals surface area contributed by atoms with Crippen LogP contribution in [0.2, 0.25) is 0 Å². The predicted octanol–water partition coefficient (Wildman–Crippen LogP) is 3.10. The topological polar surface area (TPSA) is 52.2 Å². The number of rotatable bonds is 5. The first-order valence-electron chi connectivity index (χ1n) is 8.55. The zero-order valence-electron chi connectivity index (χ0n) is 16.1. The molecule has 2 aromatic carbocycles. The van der Waals surface area contributed by atoms with E-state index in [9.17, 15) is 8.42 Å². The molecule has 0 fully saturated rings. The fourth-order valence-electron chi connectivity index (χ4n) is 3.37. The molecule has 5 nitrogen and oxygen atoms in total. The highest BCUT2D eigenvalue weighted by atomic mass is 32.2. The second-order valence-electron chi connectivity index (χ2n) is 6.64. The highest BCUT2D eigenvalue weighted by Crippen LogP contribution is 2.25. The van der Waals surface area contributed by atoms with Crippen LogP contribution >= 0.6 is 0 Å². The Morgan fingerprint density at radius 1 is 1.04 bits per heavy atom. The van der Waals surface area contributed by atoms with Gasteiger partial charge in [0.25, 0.3) is 9.84 Å². The molecule has 0 aliphatic heterocycles. The molecule has 0 spiro atoms. The molecular weight excluding hydrogens is 360 g/mol. The smallest absolute Gasteiger partial charge is 0.381 e. The van der Waals surface area contributed by atoms with Crippen LogP contribution in [0.15, 0.2) is 53.9 Å². The number of aryl methyl sites for hydroxylation is 4. The number of hydrogen-bond donors (Lipinski definition) is 0. The van der Waals surface area contributed by atoms with Crippen molar-refractivity contribution in [1.29, 1.82) is 0 Å². The van der Waals surface area contributed by atoms with Gasteiger partial charge in [-0.25, -0.2) is 13.0 Å². The van der Waals surface area contributed by atoms with E-state index in [0.717, 1.165) is 22.4 Å². The molecule has 1 aromatic heterocycles. The van der Waals surface area contributed by atoms with Gasteiger partial charge in [-0.1, -0.05) is 29.8 Å². The molecule has 0 amide bonds. The highest BCUT2D eigenvalue weighted by molar-refractivity contribution is 7.93. The first kappa shape index (κ1) is 19.2. The average molecular weight is 383 g/mol. The summed E-state index contributed by atoms with van der Waals surface area (Å²) in [5, 5.41) is 0.161. The predicted molar refractivity (Wildman–Crippen MR) is 104 cm³/mol. The minimum Gasteiger partial charge on any atom is -0.497 e. The van der Waals surface area contributed by atoms with Crippen molar-refractivity contribution >= 4 is 9.84 Å². The summed E-state index contributed by atoms with van der Waals surface area (Å²) in [4.78, 5) is 0. The standard InChI is InChI=1S/C21H23N2O3S/c1-15-12-16(2)20(17(3)13-15)23-11-10-22(4)21(23)27(24,25)14-18-6-8-19(26-5)9-7-18/h6-13H,1-5H3/q+1. The molecule has 0 unspecified atom stereocenters. The Hall–Kier alpha value is -2.60. The molecular formula is C21H23N2O3S+. The molecule has 3 aromatic rings. The van der Waals surface area contributed by atoms with Crippen LogP contribution in [0.4, 0.5) is 0 Å². The van der Waals surface area contributed by atoms with Crippen molar-refractivity contribution in [3.8, 4) is 11.4 Å². The number of ether oxygens (including phenoxy) is 1. The lowest BCUT2D eigenvalue weighted by Gasteiger charge is -2.10. The molecule has 0 aliphatic carbocycles. The van der Waals surface area contributed by atoms with Crippen LogP contribution in [-0.4, -0.2) is 20.1 Å². The third-order valence-corrected chi connectivity index (χ3v) is 5.88. The van der Waals surface area contributed by atoms with Crippen LogP contribution in [0, 0.1) is 26.5 Å².